The Balaban J connectivity index is 4.23. The zero-order valence-electron chi connectivity index (χ0n) is 13.1. The summed E-state index contributed by atoms with van der Waals surface area (Å²) >= 11 is 0. The van der Waals surface area contributed by atoms with Gasteiger partial charge in [-0.2, -0.15) is 0 Å². The Morgan fingerprint density at radius 2 is 1.88 bits per heavy atom. The highest BCUT2D eigenvalue weighted by Gasteiger charge is 2.20. The SMILES string of the molecule is CCC(C)(C/C=C(\C)C(C)C)CCCN(C)C. The Bertz CT molecular complexity index is 228. The molecule has 0 heterocycles. The maximum Gasteiger partial charge on any atom is -0.00246 e. The van der Waals surface area contributed by atoms with E-state index >= 15 is 0 Å². The smallest absolute Gasteiger partial charge is 0.00246 e. The van der Waals surface area contributed by atoms with Gasteiger partial charge in [-0.1, -0.05) is 45.8 Å². The number of nitrogens with zero attached hydrogens (tertiary/aromatic N) is 1. The van der Waals surface area contributed by atoms with Crippen molar-refractivity contribution in [2.24, 2.45) is 11.3 Å². The van der Waals surface area contributed by atoms with E-state index in [0.29, 0.717) is 11.3 Å². The minimum Gasteiger partial charge on any atom is -0.309 e. The fraction of sp³-hybridized carbons (Fsp3) is 0.875. The molecule has 0 aromatic rings. The lowest BCUT2D eigenvalue weighted by atomic mass is 9.79. The van der Waals surface area contributed by atoms with Crippen molar-refractivity contribution in [2.45, 2.75) is 60.3 Å². The van der Waals surface area contributed by atoms with Crippen LogP contribution < -0.4 is 0 Å². The maximum atomic E-state index is 2.46. The minimum absolute atomic E-state index is 0.492. The average Bonchev–Trinajstić information content (AvgIpc) is 2.25. The van der Waals surface area contributed by atoms with Crippen molar-refractivity contribution >= 4 is 0 Å². The molecule has 0 amide bonds. The topological polar surface area (TPSA) is 3.24 Å². The van der Waals surface area contributed by atoms with Crippen LogP contribution in [-0.4, -0.2) is 25.5 Å². The molecule has 1 atom stereocenters. The zero-order chi connectivity index (χ0) is 13.5. The van der Waals surface area contributed by atoms with Gasteiger partial charge in [-0.15, -0.1) is 0 Å². The fourth-order valence-electron chi connectivity index (χ4n) is 1.89. The van der Waals surface area contributed by atoms with E-state index in [-0.39, 0.29) is 0 Å². The zero-order valence-corrected chi connectivity index (χ0v) is 13.1. The van der Waals surface area contributed by atoms with E-state index in [1.165, 1.54) is 37.8 Å². The third-order valence-corrected chi connectivity index (χ3v) is 4.07. The molecule has 0 aliphatic heterocycles. The van der Waals surface area contributed by atoms with Gasteiger partial charge >= 0.3 is 0 Å². The molecular weight excluding hydrogens is 206 g/mol. The van der Waals surface area contributed by atoms with Crippen LogP contribution in [0.4, 0.5) is 0 Å². The number of hydrogen-bond donors (Lipinski definition) is 0. The van der Waals surface area contributed by atoms with Crippen LogP contribution >= 0.6 is 0 Å². The summed E-state index contributed by atoms with van der Waals surface area (Å²) in [7, 11) is 4.32. The molecule has 0 aliphatic rings. The van der Waals surface area contributed by atoms with Gasteiger partial charge in [0, 0.05) is 0 Å². The second kappa shape index (κ2) is 7.92. The summed E-state index contributed by atoms with van der Waals surface area (Å²) in [6.45, 7) is 12.8. The molecular formula is C16H33N. The van der Waals surface area contributed by atoms with Gasteiger partial charge in [0.2, 0.25) is 0 Å². The third-order valence-electron chi connectivity index (χ3n) is 4.07. The number of rotatable bonds is 8. The summed E-state index contributed by atoms with van der Waals surface area (Å²) in [4.78, 5) is 2.28. The van der Waals surface area contributed by atoms with Crippen LogP contribution in [0.15, 0.2) is 11.6 Å². The molecule has 1 unspecified atom stereocenters. The molecule has 0 N–H and O–H groups in total. The lowest BCUT2D eigenvalue weighted by Gasteiger charge is -2.28. The lowest BCUT2D eigenvalue weighted by molar-refractivity contribution is 0.260. The standard InChI is InChI=1S/C16H33N/c1-8-16(5,11-9-13-17(6)7)12-10-15(4)14(2)3/h10,14H,8-9,11-13H2,1-7H3/b15-10+. The van der Waals surface area contributed by atoms with Crippen molar-refractivity contribution in [3.63, 3.8) is 0 Å². The summed E-state index contributed by atoms with van der Waals surface area (Å²) in [5, 5.41) is 0. The molecule has 0 bridgehead atoms. The normalized spacial score (nSPS) is 16.6. The first kappa shape index (κ1) is 16.7. The first-order valence-corrected chi connectivity index (χ1v) is 7.12. The highest BCUT2D eigenvalue weighted by Crippen LogP contribution is 2.32. The van der Waals surface area contributed by atoms with Crippen molar-refractivity contribution in [3.8, 4) is 0 Å². The fourth-order valence-corrected chi connectivity index (χ4v) is 1.89. The van der Waals surface area contributed by atoms with Crippen molar-refractivity contribution in [1.82, 2.24) is 4.90 Å². The summed E-state index contributed by atoms with van der Waals surface area (Å²) in [5.41, 5.74) is 2.03. The van der Waals surface area contributed by atoms with Crippen LogP contribution in [0.25, 0.3) is 0 Å². The molecule has 0 fully saturated rings. The van der Waals surface area contributed by atoms with E-state index in [2.05, 4.69) is 59.7 Å². The number of hydrogen-bond acceptors (Lipinski definition) is 1. The molecule has 0 saturated heterocycles. The first-order chi connectivity index (χ1) is 7.80. The Kier molecular flexibility index (Phi) is 7.78. The van der Waals surface area contributed by atoms with E-state index in [4.69, 9.17) is 0 Å². The number of allylic oxidation sites excluding steroid dienone is 2. The van der Waals surface area contributed by atoms with Gasteiger partial charge in [-0.3, -0.25) is 0 Å². The monoisotopic (exact) mass is 239 g/mol. The molecule has 0 aliphatic carbocycles. The Labute approximate surface area is 109 Å². The minimum atomic E-state index is 0.492. The van der Waals surface area contributed by atoms with Crippen LogP contribution in [0.5, 0.6) is 0 Å². The molecule has 1 nitrogen and oxygen atoms in total. The van der Waals surface area contributed by atoms with Crippen molar-refractivity contribution < 1.29 is 0 Å². The molecule has 1 heteroatoms. The van der Waals surface area contributed by atoms with Gasteiger partial charge in [0.05, 0.1) is 0 Å². The molecule has 0 aromatic carbocycles. The lowest BCUT2D eigenvalue weighted by Crippen LogP contribution is -2.19. The van der Waals surface area contributed by atoms with E-state index in [1.54, 1.807) is 0 Å². The summed E-state index contributed by atoms with van der Waals surface area (Å²) in [6.07, 6.45) is 7.63. The molecule has 0 spiro atoms. The second-order valence-corrected chi connectivity index (χ2v) is 6.38. The second-order valence-electron chi connectivity index (χ2n) is 6.38. The largest absolute Gasteiger partial charge is 0.309 e. The summed E-state index contributed by atoms with van der Waals surface area (Å²) in [5.74, 6) is 0.692. The van der Waals surface area contributed by atoms with E-state index in [1.807, 2.05) is 0 Å². The molecule has 0 saturated carbocycles. The Morgan fingerprint density at radius 1 is 1.29 bits per heavy atom. The molecule has 0 radical (unpaired) electrons. The van der Waals surface area contributed by atoms with E-state index in [0.717, 1.165) is 0 Å². The van der Waals surface area contributed by atoms with E-state index in [9.17, 15) is 0 Å². The van der Waals surface area contributed by atoms with Crippen LogP contribution in [0.3, 0.4) is 0 Å². The quantitative estimate of drug-likeness (QED) is 0.553. The Morgan fingerprint density at radius 3 is 2.29 bits per heavy atom. The highest BCUT2D eigenvalue weighted by molar-refractivity contribution is 5.02. The molecule has 0 aromatic heterocycles. The van der Waals surface area contributed by atoms with Gasteiger partial charge in [-0.25, -0.2) is 0 Å². The Hall–Kier alpha value is -0.300. The van der Waals surface area contributed by atoms with E-state index < -0.39 is 0 Å². The average molecular weight is 239 g/mol. The van der Waals surface area contributed by atoms with Gasteiger partial charge in [0.15, 0.2) is 0 Å². The summed E-state index contributed by atoms with van der Waals surface area (Å²) in [6, 6.07) is 0. The van der Waals surface area contributed by atoms with Gasteiger partial charge < -0.3 is 4.90 Å². The summed E-state index contributed by atoms with van der Waals surface area (Å²) < 4.78 is 0. The van der Waals surface area contributed by atoms with Gasteiger partial charge in [0.1, 0.15) is 0 Å². The van der Waals surface area contributed by atoms with Crippen molar-refractivity contribution in [3.05, 3.63) is 11.6 Å². The predicted octanol–water partition coefficient (Wildman–Crippen LogP) is 4.74. The molecule has 17 heavy (non-hydrogen) atoms. The van der Waals surface area contributed by atoms with Crippen LogP contribution in [-0.2, 0) is 0 Å². The van der Waals surface area contributed by atoms with Crippen LogP contribution in [0.2, 0.25) is 0 Å². The third kappa shape index (κ3) is 7.59. The van der Waals surface area contributed by atoms with Gasteiger partial charge in [0.25, 0.3) is 0 Å². The molecule has 102 valence electrons. The van der Waals surface area contributed by atoms with Crippen molar-refractivity contribution in [1.29, 1.82) is 0 Å². The first-order valence-electron chi connectivity index (χ1n) is 7.12. The maximum absolute atomic E-state index is 2.46. The predicted molar refractivity (Wildman–Crippen MR) is 79.4 cm³/mol. The van der Waals surface area contributed by atoms with Crippen LogP contribution in [0.1, 0.15) is 60.3 Å². The van der Waals surface area contributed by atoms with Crippen LogP contribution in [0, 0.1) is 11.3 Å². The highest BCUT2D eigenvalue weighted by atomic mass is 15.0. The van der Waals surface area contributed by atoms with Crippen molar-refractivity contribution in [2.75, 3.05) is 20.6 Å². The van der Waals surface area contributed by atoms with Gasteiger partial charge in [-0.05, 0) is 58.2 Å². The molecule has 0 rings (SSSR count).